The molecule has 0 saturated heterocycles. The molecular weight excluding hydrogens is 174 g/mol. The van der Waals surface area contributed by atoms with Crippen molar-refractivity contribution >= 4 is 0 Å². The number of aliphatic hydroxyl groups is 1. The first kappa shape index (κ1) is 11.2. The van der Waals surface area contributed by atoms with Gasteiger partial charge in [-0.2, -0.15) is 0 Å². The van der Waals surface area contributed by atoms with Gasteiger partial charge in [-0.25, -0.2) is 0 Å². The molecule has 2 nitrogen and oxygen atoms in total. The highest BCUT2D eigenvalue weighted by atomic mass is 16.3. The molecule has 1 aromatic rings. The third-order valence-corrected chi connectivity index (χ3v) is 2.59. The van der Waals surface area contributed by atoms with E-state index in [9.17, 15) is 5.11 Å². The molecule has 14 heavy (non-hydrogen) atoms. The Balaban J connectivity index is 3.23. The summed E-state index contributed by atoms with van der Waals surface area (Å²) in [5.41, 5.74) is 8.86. The van der Waals surface area contributed by atoms with Crippen LogP contribution in [0.2, 0.25) is 0 Å². The number of rotatable bonds is 3. The van der Waals surface area contributed by atoms with Gasteiger partial charge in [-0.1, -0.05) is 30.7 Å². The highest BCUT2D eigenvalue weighted by molar-refractivity contribution is 5.36. The molecule has 2 heteroatoms. The maximum atomic E-state index is 9.23. The van der Waals surface area contributed by atoms with Gasteiger partial charge >= 0.3 is 0 Å². The number of aliphatic hydroxyl groups excluding tert-OH is 1. The van der Waals surface area contributed by atoms with Crippen molar-refractivity contribution in [2.24, 2.45) is 5.73 Å². The number of hydrogen-bond donors (Lipinski definition) is 2. The van der Waals surface area contributed by atoms with Crippen molar-refractivity contribution in [3.8, 4) is 0 Å². The van der Waals surface area contributed by atoms with Crippen molar-refractivity contribution in [3.05, 3.63) is 34.9 Å². The fourth-order valence-corrected chi connectivity index (χ4v) is 1.62. The third-order valence-electron chi connectivity index (χ3n) is 2.59. The minimum absolute atomic E-state index is 0.0244. The zero-order valence-electron chi connectivity index (χ0n) is 9.17. The maximum Gasteiger partial charge on any atom is 0.0650 e. The van der Waals surface area contributed by atoms with E-state index in [1.165, 1.54) is 11.1 Å². The van der Waals surface area contributed by atoms with E-state index < -0.39 is 5.54 Å². The van der Waals surface area contributed by atoms with E-state index in [-0.39, 0.29) is 6.61 Å². The second kappa shape index (κ2) is 4.11. The molecule has 0 aliphatic carbocycles. The van der Waals surface area contributed by atoms with E-state index in [0.717, 1.165) is 12.0 Å². The van der Waals surface area contributed by atoms with Crippen molar-refractivity contribution in [2.45, 2.75) is 32.7 Å². The molecule has 0 saturated carbocycles. The molecule has 1 aromatic carbocycles. The standard InChI is InChI=1S/C12H19NO/c1-4-10-6-5-9(2)7-11(10)12(3,13)8-14/h5-7,14H,4,8,13H2,1-3H3/t12-/m0/s1. The van der Waals surface area contributed by atoms with E-state index in [1.807, 2.05) is 13.8 Å². The van der Waals surface area contributed by atoms with Gasteiger partial charge in [0.05, 0.1) is 12.1 Å². The van der Waals surface area contributed by atoms with Crippen molar-refractivity contribution in [1.29, 1.82) is 0 Å². The minimum atomic E-state index is -0.628. The van der Waals surface area contributed by atoms with E-state index in [4.69, 9.17) is 5.73 Å². The molecule has 0 radical (unpaired) electrons. The van der Waals surface area contributed by atoms with Crippen LogP contribution < -0.4 is 5.73 Å². The zero-order chi connectivity index (χ0) is 10.8. The third kappa shape index (κ3) is 2.14. The lowest BCUT2D eigenvalue weighted by Gasteiger charge is -2.25. The first-order chi connectivity index (χ1) is 6.51. The summed E-state index contributed by atoms with van der Waals surface area (Å²) >= 11 is 0. The second-order valence-corrected chi connectivity index (χ2v) is 4.09. The van der Waals surface area contributed by atoms with Crippen LogP contribution in [0.15, 0.2) is 18.2 Å². The number of benzene rings is 1. The van der Waals surface area contributed by atoms with Crippen LogP contribution in [0.3, 0.4) is 0 Å². The molecule has 1 atom stereocenters. The average molecular weight is 193 g/mol. The average Bonchev–Trinajstić information content (AvgIpc) is 2.18. The Bertz CT molecular complexity index is 318. The Hall–Kier alpha value is -0.860. The monoisotopic (exact) mass is 193 g/mol. The maximum absolute atomic E-state index is 9.23. The molecule has 3 N–H and O–H groups in total. The lowest BCUT2D eigenvalue weighted by atomic mass is 9.88. The second-order valence-electron chi connectivity index (χ2n) is 4.09. The lowest BCUT2D eigenvalue weighted by Crippen LogP contribution is -2.38. The van der Waals surface area contributed by atoms with E-state index in [1.54, 1.807) is 0 Å². The molecule has 0 bridgehead atoms. The van der Waals surface area contributed by atoms with Crippen LogP contribution in [-0.2, 0) is 12.0 Å². The van der Waals surface area contributed by atoms with Crippen LogP contribution in [0.1, 0.15) is 30.5 Å². The highest BCUT2D eigenvalue weighted by Crippen LogP contribution is 2.23. The van der Waals surface area contributed by atoms with Gasteiger partial charge in [0.2, 0.25) is 0 Å². The van der Waals surface area contributed by atoms with Crippen LogP contribution in [0.5, 0.6) is 0 Å². The summed E-state index contributed by atoms with van der Waals surface area (Å²) in [5, 5.41) is 9.23. The zero-order valence-corrected chi connectivity index (χ0v) is 9.17. The summed E-state index contributed by atoms with van der Waals surface area (Å²) < 4.78 is 0. The molecule has 78 valence electrons. The Kier molecular flexibility index (Phi) is 3.29. The number of nitrogens with two attached hydrogens (primary N) is 1. The predicted octanol–water partition coefficient (Wildman–Crippen LogP) is 1.72. The molecule has 0 heterocycles. The van der Waals surface area contributed by atoms with Crippen molar-refractivity contribution in [3.63, 3.8) is 0 Å². The van der Waals surface area contributed by atoms with E-state index in [0.29, 0.717) is 0 Å². The summed E-state index contributed by atoms with van der Waals surface area (Å²) in [6.45, 7) is 5.97. The summed E-state index contributed by atoms with van der Waals surface area (Å²) in [5.74, 6) is 0. The highest BCUT2D eigenvalue weighted by Gasteiger charge is 2.22. The molecule has 1 rings (SSSR count). The van der Waals surface area contributed by atoms with Crippen LogP contribution in [0.25, 0.3) is 0 Å². The molecule has 0 aliphatic rings. The Labute approximate surface area is 85.8 Å². The van der Waals surface area contributed by atoms with Crippen molar-refractivity contribution in [2.75, 3.05) is 6.61 Å². The normalized spacial score (nSPS) is 15.2. The fourth-order valence-electron chi connectivity index (χ4n) is 1.62. The van der Waals surface area contributed by atoms with E-state index in [2.05, 4.69) is 25.1 Å². The Morgan fingerprint density at radius 3 is 2.57 bits per heavy atom. The van der Waals surface area contributed by atoms with Crippen molar-refractivity contribution in [1.82, 2.24) is 0 Å². The van der Waals surface area contributed by atoms with Gasteiger partial charge in [0.25, 0.3) is 0 Å². The molecule has 0 unspecified atom stereocenters. The molecular formula is C12H19NO. The van der Waals surface area contributed by atoms with Gasteiger partial charge in [0.15, 0.2) is 0 Å². The van der Waals surface area contributed by atoms with Crippen LogP contribution in [0.4, 0.5) is 0 Å². The van der Waals surface area contributed by atoms with Crippen molar-refractivity contribution < 1.29 is 5.11 Å². The lowest BCUT2D eigenvalue weighted by molar-refractivity contribution is 0.209. The van der Waals surface area contributed by atoms with Gasteiger partial charge < -0.3 is 10.8 Å². The number of hydrogen-bond acceptors (Lipinski definition) is 2. The molecule has 0 spiro atoms. The Morgan fingerprint density at radius 2 is 2.07 bits per heavy atom. The number of aryl methyl sites for hydroxylation is 2. The summed E-state index contributed by atoms with van der Waals surface area (Å²) in [4.78, 5) is 0. The van der Waals surface area contributed by atoms with E-state index >= 15 is 0 Å². The van der Waals surface area contributed by atoms with Gasteiger partial charge in [-0.05, 0) is 31.4 Å². The summed E-state index contributed by atoms with van der Waals surface area (Å²) in [7, 11) is 0. The van der Waals surface area contributed by atoms with Gasteiger partial charge in [-0.15, -0.1) is 0 Å². The smallest absolute Gasteiger partial charge is 0.0650 e. The van der Waals surface area contributed by atoms with Gasteiger partial charge in [0, 0.05) is 0 Å². The first-order valence-electron chi connectivity index (χ1n) is 5.01. The topological polar surface area (TPSA) is 46.2 Å². The first-order valence-corrected chi connectivity index (χ1v) is 5.01. The molecule has 0 aliphatic heterocycles. The Morgan fingerprint density at radius 1 is 1.43 bits per heavy atom. The van der Waals surface area contributed by atoms with Gasteiger partial charge in [0.1, 0.15) is 0 Å². The predicted molar refractivity (Wildman–Crippen MR) is 59.2 cm³/mol. The van der Waals surface area contributed by atoms with Crippen LogP contribution in [-0.4, -0.2) is 11.7 Å². The van der Waals surface area contributed by atoms with Gasteiger partial charge in [-0.3, -0.25) is 0 Å². The largest absolute Gasteiger partial charge is 0.394 e. The quantitative estimate of drug-likeness (QED) is 0.768. The molecule has 0 aromatic heterocycles. The fraction of sp³-hybridized carbons (Fsp3) is 0.500. The molecule has 0 fully saturated rings. The molecule has 0 amide bonds. The SMILES string of the molecule is CCc1ccc(C)cc1[C@@](C)(N)CO. The minimum Gasteiger partial charge on any atom is -0.394 e. The summed E-state index contributed by atoms with van der Waals surface area (Å²) in [6.07, 6.45) is 0.947. The van der Waals surface area contributed by atoms with Crippen LogP contribution in [0, 0.1) is 6.92 Å². The summed E-state index contributed by atoms with van der Waals surface area (Å²) in [6, 6.07) is 6.23. The van der Waals surface area contributed by atoms with Crippen LogP contribution >= 0.6 is 0 Å².